The summed E-state index contributed by atoms with van der Waals surface area (Å²) in [5, 5.41) is 4.31. The first-order valence-corrected chi connectivity index (χ1v) is 9.02. The molecule has 0 amide bonds. The average Bonchev–Trinajstić information content (AvgIpc) is 3.17. The van der Waals surface area contributed by atoms with Gasteiger partial charge in [0.1, 0.15) is 17.2 Å². The van der Waals surface area contributed by atoms with Gasteiger partial charge in [0.15, 0.2) is 0 Å². The molecular formula is C18H23BrN2O2. The third kappa shape index (κ3) is 3.78. The Labute approximate surface area is 145 Å². The predicted molar refractivity (Wildman–Crippen MR) is 93.6 cm³/mol. The van der Waals surface area contributed by atoms with Crippen LogP contribution in [0.4, 0.5) is 0 Å². The topological polar surface area (TPSA) is 38.5 Å². The van der Waals surface area contributed by atoms with Crippen molar-refractivity contribution >= 4 is 15.9 Å². The maximum absolute atomic E-state index is 5.51. The molecular weight excluding hydrogens is 356 g/mol. The Morgan fingerprint density at radius 2 is 2.26 bits per heavy atom. The van der Waals surface area contributed by atoms with Gasteiger partial charge in [-0.1, -0.05) is 28.0 Å². The molecule has 1 atom stereocenters. The Morgan fingerprint density at radius 1 is 1.39 bits per heavy atom. The Bertz CT molecular complexity index is 656. The maximum atomic E-state index is 5.51. The average molecular weight is 379 g/mol. The minimum Gasteiger partial charge on any atom is -0.496 e. The molecule has 0 bridgehead atoms. The molecule has 5 heteroatoms. The summed E-state index contributed by atoms with van der Waals surface area (Å²) in [6, 6.07) is 8.63. The predicted octanol–water partition coefficient (Wildman–Crippen LogP) is 4.74. The van der Waals surface area contributed by atoms with E-state index >= 15 is 0 Å². The number of rotatable bonds is 6. The summed E-state index contributed by atoms with van der Waals surface area (Å²) in [6.45, 7) is 4.10. The van der Waals surface area contributed by atoms with Crippen LogP contribution < -0.4 is 4.74 Å². The summed E-state index contributed by atoms with van der Waals surface area (Å²) in [6.07, 6.45) is 4.36. The lowest BCUT2D eigenvalue weighted by Crippen LogP contribution is -2.23. The van der Waals surface area contributed by atoms with E-state index in [2.05, 4.69) is 45.0 Å². The molecule has 23 heavy (non-hydrogen) atoms. The van der Waals surface area contributed by atoms with Crippen LogP contribution in [0.15, 0.2) is 33.3 Å². The van der Waals surface area contributed by atoms with Gasteiger partial charge in [0.05, 0.1) is 13.2 Å². The molecule has 0 aliphatic carbocycles. The molecule has 1 saturated heterocycles. The van der Waals surface area contributed by atoms with Crippen LogP contribution in [-0.4, -0.2) is 23.7 Å². The van der Waals surface area contributed by atoms with Crippen molar-refractivity contribution in [2.24, 2.45) is 0 Å². The first-order valence-electron chi connectivity index (χ1n) is 8.23. The van der Waals surface area contributed by atoms with Crippen molar-refractivity contribution in [2.45, 2.75) is 45.2 Å². The van der Waals surface area contributed by atoms with E-state index in [-0.39, 0.29) is 0 Å². The van der Waals surface area contributed by atoms with Gasteiger partial charge in [-0.2, -0.15) is 0 Å². The van der Waals surface area contributed by atoms with Crippen molar-refractivity contribution in [1.82, 2.24) is 10.1 Å². The van der Waals surface area contributed by atoms with Crippen LogP contribution in [0.25, 0.3) is 0 Å². The van der Waals surface area contributed by atoms with Crippen LogP contribution in [0.1, 0.15) is 49.2 Å². The largest absolute Gasteiger partial charge is 0.496 e. The Hall–Kier alpha value is -1.33. The number of nitrogens with zero attached hydrogens (tertiary/aromatic N) is 2. The second kappa shape index (κ2) is 7.49. The quantitative estimate of drug-likeness (QED) is 0.727. The van der Waals surface area contributed by atoms with E-state index in [1.165, 1.54) is 12.0 Å². The van der Waals surface area contributed by atoms with Crippen LogP contribution in [0.3, 0.4) is 0 Å². The van der Waals surface area contributed by atoms with E-state index in [1.54, 1.807) is 7.11 Å². The highest BCUT2D eigenvalue weighted by Crippen LogP contribution is 2.35. The van der Waals surface area contributed by atoms with Gasteiger partial charge in [0, 0.05) is 29.1 Å². The highest BCUT2D eigenvalue weighted by molar-refractivity contribution is 9.10. The Morgan fingerprint density at radius 3 is 3.04 bits per heavy atom. The summed E-state index contributed by atoms with van der Waals surface area (Å²) < 4.78 is 12.1. The summed E-state index contributed by atoms with van der Waals surface area (Å²) in [5.41, 5.74) is 2.27. The van der Waals surface area contributed by atoms with Crippen molar-refractivity contribution in [2.75, 3.05) is 13.7 Å². The number of likely N-dealkylation sites (tertiary alicyclic amines) is 1. The van der Waals surface area contributed by atoms with E-state index in [4.69, 9.17) is 9.26 Å². The minimum absolute atomic E-state index is 0.341. The second-order valence-corrected chi connectivity index (χ2v) is 6.97. The summed E-state index contributed by atoms with van der Waals surface area (Å²) >= 11 is 3.55. The molecule has 0 N–H and O–H groups in total. The summed E-state index contributed by atoms with van der Waals surface area (Å²) in [5.74, 6) is 1.93. The van der Waals surface area contributed by atoms with Gasteiger partial charge in [-0.15, -0.1) is 0 Å². The van der Waals surface area contributed by atoms with Crippen molar-refractivity contribution in [3.63, 3.8) is 0 Å². The molecule has 0 spiro atoms. The molecule has 0 radical (unpaired) electrons. The zero-order chi connectivity index (χ0) is 16.2. The van der Waals surface area contributed by atoms with Gasteiger partial charge in [0.25, 0.3) is 0 Å². The van der Waals surface area contributed by atoms with Crippen LogP contribution >= 0.6 is 15.9 Å². The number of aryl methyl sites for hydroxylation is 1. The van der Waals surface area contributed by atoms with Gasteiger partial charge in [-0.25, -0.2) is 0 Å². The minimum atomic E-state index is 0.341. The molecule has 0 saturated carbocycles. The molecule has 1 aromatic carbocycles. The van der Waals surface area contributed by atoms with E-state index in [1.807, 2.05) is 12.1 Å². The standard InChI is InChI=1S/C18H23BrN2O2/c1-3-5-15-11-16(20-23-15)17-6-4-9-21(17)12-13-10-14(19)7-8-18(13)22-2/h7-8,10-11,17H,3-6,9,12H2,1-2H3/t17-/m0/s1. The van der Waals surface area contributed by atoms with Gasteiger partial charge in [0.2, 0.25) is 0 Å². The summed E-state index contributed by atoms with van der Waals surface area (Å²) in [7, 11) is 1.73. The fourth-order valence-electron chi connectivity index (χ4n) is 3.29. The number of hydrogen-bond donors (Lipinski definition) is 0. The normalized spacial score (nSPS) is 18.5. The highest BCUT2D eigenvalue weighted by Gasteiger charge is 2.29. The van der Waals surface area contributed by atoms with E-state index in [0.717, 1.165) is 54.0 Å². The van der Waals surface area contributed by atoms with Gasteiger partial charge in [-0.3, -0.25) is 4.90 Å². The van der Waals surface area contributed by atoms with Crippen molar-refractivity contribution in [3.8, 4) is 5.75 Å². The first kappa shape index (κ1) is 16.5. The number of halogens is 1. The molecule has 2 heterocycles. The first-order chi connectivity index (χ1) is 11.2. The highest BCUT2D eigenvalue weighted by atomic mass is 79.9. The van der Waals surface area contributed by atoms with Gasteiger partial charge in [-0.05, 0) is 44.0 Å². The molecule has 0 unspecified atom stereocenters. The number of ether oxygens (including phenoxy) is 1. The fourth-order valence-corrected chi connectivity index (χ4v) is 3.70. The van der Waals surface area contributed by atoms with Gasteiger partial charge < -0.3 is 9.26 Å². The SMILES string of the molecule is CCCc1cc([C@@H]2CCCN2Cc2cc(Br)ccc2OC)no1. The third-order valence-corrected chi connectivity index (χ3v) is 4.89. The molecule has 124 valence electrons. The zero-order valence-electron chi connectivity index (χ0n) is 13.7. The monoisotopic (exact) mass is 378 g/mol. The van der Waals surface area contributed by atoms with Crippen molar-refractivity contribution in [3.05, 3.63) is 45.8 Å². The van der Waals surface area contributed by atoms with Gasteiger partial charge >= 0.3 is 0 Å². The van der Waals surface area contributed by atoms with Crippen molar-refractivity contribution in [1.29, 1.82) is 0 Å². The Kier molecular flexibility index (Phi) is 5.38. The molecule has 1 aliphatic heterocycles. The molecule has 3 rings (SSSR count). The van der Waals surface area contributed by atoms with Crippen LogP contribution in [0.5, 0.6) is 5.75 Å². The second-order valence-electron chi connectivity index (χ2n) is 6.05. The van der Waals surface area contributed by atoms with Crippen molar-refractivity contribution < 1.29 is 9.26 Å². The third-order valence-electron chi connectivity index (χ3n) is 4.39. The fraction of sp³-hybridized carbons (Fsp3) is 0.500. The molecule has 4 nitrogen and oxygen atoms in total. The number of aromatic nitrogens is 1. The molecule has 1 aromatic heterocycles. The molecule has 1 fully saturated rings. The lowest BCUT2D eigenvalue weighted by atomic mass is 10.1. The number of hydrogen-bond acceptors (Lipinski definition) is 4. The maximum Gasteiger partial charge on any atom is 0.137 e. The summed E-state index contributed by atoms with van der Waals surface area (Å²) in [4.78, 5) is 2.47. The van der Waals surface area contributed by atoms with E-state index in [0.29, 0.717) is 6.04 Å². The zero-order valence-corrected chi connectivity index (χ0v) is 15.3. The molecule has 2 aromatic rings. The Balaban J connectivity index is 1.77. The lowest BCUT2D eigenvalue weighted by molar-refractivity contribution is 0.233. The van der Waals surface area contributed by atoms with E-state index < -0.39 is 0 Å². The number of methoxy groups -OCH3 is 1. The van der Waals surface area contributed by atoms with Crippen LogP contribution in [0, 0.1) is 0 Å². The van der Waals surface area contributed by atoms with Crippen LogP contribution in [0.2, 0.25) is 0 Å². The smallest absolute Gasteiger partial charge is 0.137 e. The molecule has 1 aliphatic rings. The lowest BCUT2D eigenvalue weighted by Gasteiger charge is -2.23. The van der Waals surface area contributed by atoms with Crippen LogP contribution in [-0.2, 0) is 13.0 Å². The number of benzene rings is 1. The van der Waals surface area contributed by atoms with E-state index in [9.17, 15) is 0 Å².